The van der Waals surface area contributed by atoms with Crippen molar-refractivity contribution in [2.24, 2.45) is 11.5 Å². The van der Waals surface area contributed by atoms with Crippen LogP contribution < -0.4 is 27.4 Å². The maximum absolute atomic E-state index is 13.0. The Morgan fingerprint density at radius 3 is 1.82 bits per heavy atom. The van der Waals surface area contributed by atoms with Gasteiger partial charge in [0.15, 0.2) is 0 Å². The molecule has 0 aliphatic heterocycles. The Balaban J connectivity index is 3.04. The molecule has 0 bridgehead atoms. The molecule has 0 aromatic heterocycles. The maximum Gasteiger partial charge on any atom is 0.326 e. The van der Waals surface area contributed by atoms with Crippen LogP contribution >= 0.6 is 0 Å². The van der Waals surface area contributed by atoms with Gasteiger partial charge >= 0.3 is 17.9 Å². The molecule has 0 aliphatic rings. The zero-order valence-corrected chi connectivity index (χ0v) is 20.8. The van der Waals surface area contributed by atoms with Gasteiger partial charge in [-0.3, -0.25) is 24.0 Å². The topological polar surface area (TPSA) is 251 Å². The number of hydrogen-bond acceptors (Lipinski definition) is 8. The quantitative estimate of drug-likeness (QED) is 0.101. The number of amides is 3. The number of carboxylic acid groups (broad SMARTS) is 3. The molecule has 1 aromatic rings. The minimum atomic E-state index is -1.43. The highest BCUT2D eigenvalue weighted by Crippen LogP contribution is 2.08. The number of unbranched alkanes of at least 4 members (excludes halogenated alkanes) is 1. The third kappa shape index (κ3) is 12.3. The SMILES string of the molecule is NCCCCC(NC(=O)C(N)CC(=O)O)C(=O)NC(CCC(=O)O)C(=O)NC(Cc1ccccc1)C(=O)O. The highest BCUT2D eigenvalue weighted by molar-refractivity contribution is 5.94. The molecule has 210 valence electrons. The molecule has 0 heterocycles. The lowest BCUT2D eigenvalue weighted by Crippen LogP contribution is -2.57. The number of benzene rings is 1. The highest BCUT2D eigenvalue weighted by atomic mass is 16.4. The molecule has 1 aromatic carbocycles. The first kappa shape index (κ1) is 32.0. The van der Waals surface area contributed by atoms with Crippen molar-refractivity contribution in [1.29, 1.82) is 0 Å². The van der Waals surface area contributed by atoms with Crippen molar-refractivity contribution in [3.05, 3.63) is 35.9 Å². The number of carbonyl (C=O) groups is 6. The summed E-state index contributed by atoms with van der Waals surface area (Å²) < 4.78 is 0. The molecular weight excluding hydrogens is 502 g/mol. The Labute approximate surface area is 219 Å². The average molecular weight is 538 g/mol. The average Bonchev–Trinajstić information content (AvgIpc) is 2.85. The van der Waals surface area contributed by atoms with Crippen LogP contribution in [-0.4, -0.2) is 81.7 Å². The molecule has 0 saturated heterocycles. The lowest BCUT2D eigenvalue weighted by molar-refractivity contribution is -0.143. The smallest absolute Gasteiger partial charge is 0.326 e. The first-order valence-corrected chi connectivity index (χ1v) is 12.0. The standard InChI is InChI=1S/C24H35N5O9/c25-11-5-4-8-16(27-21(34)15(26)13-20(32)33)22(35)28-17(9-10-19(30)31)23(36)29-18(24(37)38)12-14-6-2-1-3-7-14/h1-3,6-7,15-18H,4-5,8-13,25-26H2,(H,27,34)(H,28,35)(H,29,36)(H,30,31)(H,32,33)(H,37,38). The molecule has 4 unspecified atom stereocenters. The zero-order valence-electron chi connectivity index (χ0n) is 20.8. The fourth-order valence-electron chi connectivity index (χ4n) is 3.45. The molecule has 14 heteroatoms. The van der Waals surface area contributed by atoms with E-state index in [-0.39, 0.29) is 19.3 Å². The van der Waals surface area contributed by atoms with Crippen molar-refractivity contribution in [2.75, 3.05) is 6.54 Å². The largest absolute Gasteiger partial charge is 0.481 e. The Kier molecular flexibility index (Phi) is 14.0. The van der Waals surface area contributed by atoms with Gasteiger partial charge in [0, 0.05) is 12.8 Å². The minimum Gasteiger partial charge on any atom is -0.481 e. The Morgan fingerprint density at radius 2 is 1.29 bits per heavy atom. The molecule has 1 rings (SSSR count). The maximum atomic E-state index is 13.0. The van der Waals surface area contributed by atoms with E-state index in [0.29, 0.717) is 24.9 Å². The second kappa shape index (κ2) is 16.7. The van der Waals surface area contributed by atoms with E-state index in [1.165, 1.54) is 0 Å². The van der Waals surface area contributed by atoms with E-state index in [9.17, 15) is 33.9 Å². The lowest BCUT2D eigenvalue weighted by Gasteiger charge is -2.25. The number of carbonyl (C=O) groups excluding carboxylic acids is 3. The fraction of sp³-hybridized carbons (Fsp3) is 0.500. The summed E-state index contributed by atoms with van der Waals surface area (Å²) in [6, 6.07) is 3.05. The molecule has 0 radical (unpaired) electrons. The normalized spacial score (nSPS) is 13.8. The summed E-state index contributed by atoms with van der Waals surface area (Å²) in [6.07, 6.45) is -0.620. The van der Waals surface area contributed by atoms with Crippen LogP contribution in [0.5, 0.6) is 0 Å². The second-order valence-corrected chi connectivity index (χ2v) is 8.63. The van der Waals surface area contributed by atoms with Crippen molar-refractivity contribution in [3.63, 3.8) is 0 Å². The molecule has 0 fully saturated rings. The van der Waals surface area contributed by atoms with E-state index in [4.69, 9.17) is 21.7 Å². The van der Waals surface area contributed by atoms with Crippen molar-refractivity contribution in [1.82, 2.24) is 16.0 Å². The van der Waals surface area contributed by atoms with Gasteiger partial charge in [-0.05, 0) is 37.8 Å². The van der Waals surface area contributed by atoms with Gasteiger partial charge in [0.2, 0.25) is 17.7 Å². The summed E-state index contributed by atoms with van der Waals surface area (Å²) in [5, 5.41) is 34.6. The van der Waals surface area contributed by atoms with Gasteiger partial charge in [-0.2, -0.15) is 0 Å². The molecule has 38 heavy (non-hydrogen) atoms. The van der Waals surface area contributed by atoms with Crippen LogP contribution in [0.3, 0.4) is 0 Å². The van der Waals surface area contributed by atoms with Gasteiger partial charge in [-0.15, -0.1) is 0 Å². The van der Waals surface area contributed by atoms with Crippen LogP contribution in [0.15, 0.2) is 30.3 Å². The van der Waals surface area contributed by atoms with Gasteiger partial charge in [0.1, 0.15) is 18.1 Å². The second-order valence-electron chi connectivity index (χ2n) is 8.63. The predicted molar refractivity (Wildman–Crippen MR) is 134 cm³/mol. The van der Waals surface area contributed by atoms with Crippen LogP contribution in [-0.2, 0) is 35.2 Å². The molecular formula is C24H35N5O9. The molecule has 3 amide bonds. The highest BCUT2D eigenvalue weighted by Gasteiger charge is 2.31. The first-order valence-electron chi connectivity index (χ1n) is 12.0. The van der Waals surface area contributed by atoms with E-state index in [1.54, 1.807) is 30.3 Å². The van der Waals surface area contributed by atoms with Crippen molar-refractivity contribution in [3.8, 4) is 0 Å². The summed E-state index contributed by atoms with van der Waals surface area (Å²) in [5.41, 5.74) is 11.7. The third-order valence-corrected chi connectivity index (χ3v) is 5.49. The molecule has 14 nitrogen and oxygen atoms in total. The van der Waals surface area contributed by atoms with Crippen molar-refractivity contribution < 1.29 is 44.1 Å². The third-order valence-electron chi connectivity index (χ3n) is 5.49. The fourth-order valence-corrected chi connectivity index (χ4v) is 3.45. The molecule has 10 N–H and O–H groups in total. The van der Waals surface area contributed by atoms with Crippen LogP contribution in [0.25, 0.3) is 0 Å². The summed E-state index contributed by atoms with van der Waals surface area (Å²) in [5.74, 6) is -6.56. The predicted octanol–water partition coefficient (Wildman–Crippen LogP) is -1.44. The van der Waals surface area contributed by atoms with Gasteiger partial charge < -0.3 is 42.7 Å². The molecule has 0 saturated carbocycles. The van der Waals surface area contributed by atoms with Crippen LogP contribution in [0.2, 0.25) is 0 Å². The van der Waals surface area contributed by atoms with Crippen molar-refractivity contribution >= 4 is 35.6 Å². The van der Waals surface area contributed by atoms with Gasteiger partial charge in [-0.25, -0.2) is 4.79 Å². The van der Waals surface area contributed by atoms with E-state index in [1.807, 2.05) is 0 Å². The number of nitrogens with one attached hydrogen (secondary N) is 3. The first-order chi connectivity index (χ1) is 17.9. The van der Waals surface area contributed by atoms with E-state index in [0.717, 1.165) is 0 Å². The number of rotatable bonds is 18. The van der Waals surface area contributed by atoms with Gasteiger partial charge in [0.05, 0.1) is 12.5 Å². The van der Waals surface area contributed by atoms with E-state index >= 15 is 0 Å². The summed E-state index contributed by atoms with van der Waals surface area (Å²) in [6.45, 7) is 0.308. The van der Waals surface area contributed by atoms with Gasteiger partial charge in [0.25, 0.3) is 0 Å². The molecule has 4 atom stereocenters. The zero-order chi connectivity index (χ0) is 28.7. The Hall–Kier alpha value is -4.04. The van der Waals surface area contributed by atoms with Crippen molar-refractivity contribution in [2.45, 2.75) is 69.1 Å². The monoisotopic (exact) mass is 537 g/mol. The van der Waals surface area contributed by atoms with E-state index < -0.39 is 72.6 Å². The Morgan fingerprint density at radius 1 is 0.737 bits per heavy atom. The molecule has 0 aliphatic carbocycles. The summed E-state index contributed by atoms with van der Waals surface area (Å²) >= 11 is 0. The Bertz CT molecular complexity index is 973. The van der Waals surface area contributed by atoms with E-state index in [2.05, 4.69) is 16.0 Å². The lowest BCUT2D eigenvalue weighted by atomic mass is 10.0. The number of carboxylic acids is 3. The summed E-state index contributed by atoms with van der Waals surface area (Å²) in [7, 11) is 0. The van der Waals surface area contributed by atoms with Gasteiger partial charge in [-0.1, -0.05) is 30.3 Å². The number of nitrogens with two attached hydrogens (primary N) is 2. The summed E-state index contributed by atoms with van der Waals surface area (Å²) in [4.78, 5) is 72.1. The minimum absolute atomic E-state index is 0.0548. The number of hydrogen-bond donors (Lipinski definition) is 8. The van der Waals surface area contributed by atoms with Crippen LogP contribution in [0, 0.1) is 0 Å². The van der Waals surface area contributed by atoms with Crippen LogP contribution in [0.1, 0.15) is 44.1 Å². The molecule has 0 spiro atoms. The number of aliphatic carboxylic acids is 3. The van der Waals surface area contributed by atoms with Crippen LogP contribution in [0.4, 0.5) is 0 Å².